The lowest BCUT2D eigenvalue weighted by atomic mass is 10.1. The molecule has 2 aromatic carbocycles. The molecule has 0 bridgehead atoms. The lowest BCUT2D eigenvalue weighted by Crippen LogP contribution is -2.28. The number of amides is 3. The van der Waals surface area contributed by atoms with Gasteiger partial charge in [0.25, 0.3) is 0 Å². The van der Waals surface area contributed by atoms with Crippen molar-refractivity contribution in [3.8, 4) is 0 Å². The van der Waals surface area contributed by atoms with Gasteiger partial charge in [-0.3, -0.25) is 14.4 Å². The SMILES string of the molecule is CC(=O)N1CCc2cc(N3CC(C(=O)Nc4cc(Cl)ccc4F)CC3=O)ccc21. The monoisotopic (exact) mass is 415 g/mol. The van der Waals surface area contributed by atoms with E-state index in [9.17, 15) is 18.8 Å². The maximum absolute atomic E-state index is 13.9. The first-order valence-electron chi connectivity index (χ1n) is 9.31. The number of fused-ring (bicyclic) bond motifs is 1. The van der Waals surface area contributed by atoms with E-state index in [2.05, 4.69) is 5.32 Å². The number of carbonyl (C=O) groups excluding carboxylic acids is 3. The third-order valence-electron chi connectivity index (χ3n) is 5.33. The van der Waals surface area contributed by atoms with Gasteiger partial charge >= 0.3 is 0 Å². The highest BCUT2D eigenvalue weighted by atomic mass is 35.5. The second-order valence-electron chi connectivity index (χ2n) is 7.25. The van der Waals surface area contributed by atoms with E-state index in [0.717, 1.165) is 17.7 Å². The van der Waals surface area contributed by atoms with Gasteiger partial charge in [0.1, 0.15) is 5.82 Å². The Morgan fingerprint density at radius 1 is 1.21 bits per heavy atom. The zero-order chi connectivity index (χ0) is 20.7. The van der Waals surface area contributed by atoms with Gasteiger partial charge in [-0.2, -0.15) is 0 Å². The van der Waals surface area contributed by atoms with E-state index >= 15 is 0 Å². The van der Waals surface area contributed by atoms with Gasteiger partial charge in [0.05, 0.1) is 11.6 Å². The van der Waals surface area contributed by atoms with Crippen LogP contribution in [-0.4, -0.2) is 30.8 Å². The quantitative estimate of drug-likeness (QED) is 0.835. The van der Waals surface area contributed by atoms with E-state index < -0.39 is 17.6 Å². The molecule has 0 spiro atoms. The minimum absolute atomic E-state index is 0.00439. The van der Waals surface area contributed by atoms with Crippen molar-refractivity contribution in [3.05, 3.63) is 52.8 Å². The van der Waals surface area contributed by atoms with Crippen LogP contribution in [-0.2, 0) is 20.8 Å². The molecule has 1 N–H and O–H groups in total. The van der Waals surface area contributed by atoms with Crippen molar-refractivity contribution in [2.45, 2.75) is 19.8 Å². The second-order valence-corrected chi connectivity index (χ2v) is 7.69. The molecule has 2 aromatic rings. The van der Waals surface area contributed by atoms with Gasteiger partial charge in [0.15, 0.2) is 0 Å². The van der Waals surface area contributed by atoms with Crippen LogP contribution in [0.25, 0.3) is 0 Å². The first-order chi connectivity index (χ1) is 13.8. The molecular weight excluding hydrogens is 397 g/mol. The Morgan fingerprint density at radius 2 is 2.00 bits per heavy atom. The molecule has 29 heavy (non-hydrogen) atoms. The van der Waals surface area contributed by atoms with Crippen LogP contribution < -0.4 is 15.1 Å². The Bertz CT molecular complexity index is 1030. The highest BCUT2D eigenvalue weighted by Gasteiger charge is 2.36. The van der Waals surface area contributed by atoms with E-state index in [1.165, 1.54) is 25.1 Å². The maximum atomic E-state index is 13.9. The molecule has 2 aliphatic rings. The molecule has 1 saturated heterocycles. The average Bonchev–Trinajstić information content (AvgIpc) is 3.27. The lowest BCUT2D eigenvalue weighted by Gasteiger charge is -2.19. The Balaban J connectivity index is 1.49. The van der Waals surface area contributed by atoms with Gasteiger partial charge in [0, 0.05) is 42.8 Å². The number of carbonyl (C=O) groups is 3. The Hall–Kier alpha value is -2.93. The Labute approximate surface area is 172 Å². The van der Waals surface area contributed by atoms with Crippen LogP contribution in [0.3, 0.4) is 0 Å². The second kappa shape index (κ2) is 7.48. The third-order valence-corrected chi connectivity index (χ3v) is 5.57. The van der Waals surface area contributed by atoms with Gasteiger partial charge in [-0.05, 0) is 48.4 Å². The topological polar surface area (TPSA) is 69.7 Å². The summed E-state index contributed by atoms with van der Waals surface area (Å²) in [6.45, 7) is 2.36. The predicted octanol–water partition coefficient (Wildman–Crippen LogP) is 3.38. The van der Waals surface area contributed by atoms with E-state index in [1.54, 1.807) is 15.9 Å². The molecule has 2 aliphatic heterocycles. The van der Waals surface area contributed by atoms with Crippen molar-refractivity contribution in [2.24, 2.45) is 5.92 Å². The molecule has 0 aliphatic carbocycles. The van der Waals surface area contributed by atoms with Crippen LogP contribution in [0, 0.1) is 11.7 Å². The van der Waals surface area contributed by atoms with E-state index in [4.69, 9.17) is 11.6 Å². The molecule has 1 atom stereocenters. The van der Waals surface area contributed by atoms with Crippen molar-refractivity contribution in [3.63, 3.8) is 0 Å². The first kappa shape index (κ1) is 19.4. The molecule has 4 rings (SSSR count). The summed E-state index contributed by atoms with van der Waals surface area (Å²) < 4.78 is 13.9. The number of hydrogen-bond donors (Lipinski definition) is 1. The highest BCUT2D eigenvalue weighted by molar-refractivity contribution is 6.30. The Kier molecular flexibility index (Phi) is 5.00. The van der Waals surface area contributed by atoms with Crippen molar-refractivity contribution in [1.82, 2.24) is 0 Å². The number of halogens is 2. The molecule has 150 valence electrons. The number of rotatable bonds is 3. The van der Waals surface area contributed by atoms with Crippen LogP contribution in [0.2, 0.25) is 5.02 Å². The van der Waals surface area contributed by atoms with Crippen molar-refractivity contribution < 1.29 is 18.8 Å². The van der Waals surface area contributed by atoms with Crippen LogP contribution in [0.4, 0.5) is 21.5 Å². The summed E-state index contributed by atoms with van der Waals surface area (Å²) in [6.07, 6.45) is 0.771. The number of nitrogens with zero attached hydrogens (tertiary/aromatic N) is 2. The molecule has 0 saturated carbocycles. The zero-order valence-corrected chi connectivity index (χ0v) is 16.5. The van der Waals surface area contributed by atoms with Crippen LogP contribution >= 0.6 is 11.6 Å². The molecule has 0 radical (unpaired) electrons. The summed E-state index contributed by atoms with van der Waals surface area (Å²) in [6, 6.07) is 9.43. The normalized spacial score (nSPS) is 18.2. The molecule has 1 fully saturated rings. The van der Waals surface area contributed by atoms with Gasteiger partial charge < -0.3 is 15.1 Å². The van der Waals surface area contributed by atoms with Gasteiger partial charge in [-0.1, -0.05) is 11.6 Å². The highest BCUT2D eigenvalue weighted by Crippen LogP contribution is 2.34. The fourth-order valence-electron chi connectivity index (χ4n) is 3.84. The summed E-state index contributed by atoms with van der Waals surface area (Å²) in [5.41, 5.74) is 2.55. The largest absolute Gasteiger partial charge is 0.323 e. The summed E-state index contributed by atoms with van der Waals surface area (Å²) in [7, 11) is 0. The maximum Gasteiger partial charge on any atom is 0.229 e. The standard InChI is InChI=1S/C21H19ClFN3O3/c1-12(27)25-7-6-13-8-16(3-5-19(13)25)26-11-14(9-20(26)28)21(29)24-18-10-15(22)2-4-17(18)23/h2-5,8,10,14H,6-7,9,11H2,1H3,(H,24,29). The van der Waals surface area contributed by atoms with Crippen molar-refractivity contribution in [2.75, 3.05) is 28.2 Å². The van der Waals surface area contributed by atoms with Gasteiger partial charge in [0.2, 0.25) is 17.7 Å². The van der Waals surface area contributed by atoms with Crippen molar-refractivity contribution >= 4 is 46.4 Å². The van der Waals surface area contributed by atoms with E-state index in [-0.39, 0.29) is 30.5 Å². The van der Waals surface area contributed by atoms with Crippen LogP contribution in [0.5, 0.6) is 0 Å². The number of nitrogens with one attached hydrogen (secondary N) is 1. The summed E-state index contributed by atoms with van der Waals surface area (Å²) in [4.78, 5) is 40.1. The summed E-state index contributed by atoms with van der Waals surface area (Å²) in [5, 5.41) is 2.83. The molecule has 2 heterocycles. The van der Waals surface area contributed by atoms with E-state index in [0.29, 0.717) is 17.3 Å². The average molecular weight is 416 g/mol. The molecule has 0 aromatic heterocycles. The lowest BCUT2D eigenvalue weighted by molar-refractivity contribution is -0.122. The van der Waals surface area contributed by atoms with Crippen molar-refractivity contribution in [1.29, 1.82) is 0 Å². The number of anilines is 3. The smallest absolute Gasteiger partial charge is 0.229 e. The predicted molar refractivity (Wildman–Crippen MR) is 109 cm³/mol. The minimum atomic E-state index is -0.595. The molecular formula is C21H19ClFN3O3. The van der Waals surface area contributed by atoms with Crippen LogP contribution in [0.15, 0.2) is 36.4 Å². The first-order valence-corrected chi connectivity index (χ1v) is 9.68. The third kappa shape index (κ3) is 3.70. The number of benzene rings is 2. The van der Waals surface area contributed by atoms with Crippen LogP contribution in [0.1, 0.15) is 18.9 Å². The van der Waals surface area contributed by atoms with E-state index in [1.807, 2.05) is 12.1 Å². The molecule has 8 heteroatoms. The zero-order valence-electron chi connectivity index (χ0n) is 15.7. The van der Waals surface area contributed by atoms with Gasteiger partial charge in [-0.25, -0.2) is 4.39 Å². The molecule has 6 nitrogen and oxygen atoms in total. The fraction of sp³-hybridized carbons (Fsp3) is 0.286. The number of hydrogen-bond acceptors (Lipinski definition) is 3. The molecule has 1 unspecified atom stereocenters. The molecule has 3 amide bonds. The fourth-order valence-corrected chi connectivity index (χ4v) is 4.02. The summed E-state index contributed by atoms with van der Waals surface area (Å²) in [5.74, 6) is -1.79. The Morgan fingerprint density at radius 3 is 2.76 bits per heavy atom. The van der Waals surface area contributed by atoms with Gasteiger partial charge in [-0.15, -0.1) is 0 Å². The summed E-state index contributed by atoms with van der Waals surface area (Å²) >= 11 is 5.86. The minimum Gasteiger partial charge on any atom is -0.323 e.